The summed E-state index contributed by atoms with van der Waals surface area (Å²) in [4.78, 5) is 0. The molecular formula is C15H22ClNO. The van der Waals surface area contributed by atoms with E-state index in [0.29, 0.717) is 0 Å². The van der Waals surface area contributed by atoms with E-state index in [1.54, 1.807) is 7.11 Å². The molecule has 2 nitrogen and oxygen atoms in total. The van der Waals surface area contributed by atoms with Crippen LogP contribution in [0.15, 0.2) is 12.1 Å². The number of hydrogen-bond acceptors (Lipinski definition) is 2. The van der Waals surface area contributed by atoms with Crippen molar-refractivity contribution in [3.63, 3.8) is 0 Å². The van der Waals surface area contributed by atoms with Gasteiger partial charge in [-0.15, -0.1) is 0 Å². The normalized spacial score (nSPS) is 18.7. The molecule has 2 rings (SSSR count). The molecule has 1 aliphatic carbocycles. The van der Waals surface area contributed by atoms with Crippen LogP contribution in [0.4, 0.5) is 0 Å². The third-order valence-electron chi connectivity index (χ3n) is 4.03. The van der Waals surface area contributed by atoms with E-state index in [0.717, 1.165) is 30.0 Å². The summed E-state index contributed by atoms with van der Waals surface area (Å²) >= 11 is 6.20. The van der Waals surface area contributed by atoms with Crippen molar-refractivity contribution in [3.8, 4) is 5.75 Å². The number of benzene rings is 1. The fourth-order valence-electron chi connectivity index (χ4n) is 3.05. The Balaban J connectivity index is 2.50. The van der Waals surface area contributed by atoms with Crippen molar-refractivity contribution >= 4 is 11.6 Å². The fourth-order valence-corrected chi connectivity index (χ4v) is 3.26. The van der Waals surface area contributed by atoms with Crippen LogP contribution < -0.4 is 10.5 Å². The topological polar surface area (TPSA) is 35.2 Å². The molecule has 1 aromatic carbocycles. The highest BCUT2D eigenvalue weighted by atomic mass is 35.5. The van der Waals surface area contributed by atoms with Gasteiger partial charge in [-0.25, -0.2) is 0 Å². The number of nitrogens with two attached hydrogens (primary N) is 1. The second kappa shape index (κ2) is 5.50. The zero-order valence-electron chi connectivity index (χ0n) is 11.3. The van der Waals surface area contributed by atoms with Crippen LogP contribution in [0, 0.1) is 0 Å². The van der Waals surface area contributed by atoms with Crippen molar-refractivity contribution < 1.29 is 4.74 Å². The minimum atomic E-state index is -0.220. The molecular weight excluding hydrogens is 246 g/mol. The lowest BCUT2D eigenvalue weighted by Crippen LogP contribution is -2.39. The first-order valence-corrected chi connectivity index (χ1v) is 7.14. The van der Waals surface area contributed by atoms with E-state index in [1.165, 1.54) is 30.4 Å². The van der Waals surface area contributed by atoms with E-state index in [9.17, 15) is 0 Å². The molecule has 0 spiro atoms. The molecule has 0 saturated heterocycles. The monoisotopic (exact) mass is 267 g/mol. The van der Waals surface area contributed by atoms with Crippen LogP contribution >= 0.6 is 11.6 Å². The Hall–Kier alpha value is -0.730. The third kappa shape index (κ3) is 2.50. The molecule has 1 fully saturated rings. The average molecular weight is 268 g/mol. The summed E-state index contributed by atoms with van der Waals surface area (Å²) in [5.74, 6) is 0.871. The average Bonchev–Trinajstić information content (AvgIpc) is 2.38. The first-order valence-electron chi connectivity index (χ1n) is 6.76. The number of methoxy groups -OCH3 is 1. The van der Waals surface area contributed by atoms with Crippen molar-refractivity contribution in [1.29, 1.82) is 0 Å². The van der Waals surface area contributed by atoms with Crippen LogP contribution in [0.3, 0.4) is 0 Å². The van der Waals surface area contributed by atoms with Gasteiger partial charge in [-0.05, 0) is 42.5 Å². The minimum absolute atomic E-state index is 0.220. The largest absolute Gasteiger partial charge is 0.496 e. The van der Waals surface area contributed by atoms with Crippen molar-refractivity contribution in [2.75, 3.05) is 7.11 Å². The van der Waals surface area contributed by atoms with Crippen LogP contribution in [0.2, 0.25) is 5.02 Å². The maximum atomic E-state index is 6.64. The Labute approximate surface area is 114 Å². The van der Waals surface area contributed by atoms with E-state index in [2.05, 4.69) is 6.92 Å². The predicted octanol–water partition coefficient (Wildman–Crippen LogP) is 4.03. The fraction of sp³-hybridized carbons (Fsp3) is 0.600. The number of halogens is 1. The Morgan fingerprint density at radius 3 is 2.50 bits per heavy atom. The lowest BCUT2D eigenvalue weighted by atomic mass is 9.75. The maximum absolute atomic E-state index is 6.64. The first-order chi connectivity index (χ1) is 8.60. The summed E-state index contributed by atoms with van der Waals surface area (Å²) in [6, 6.07) is 3.92. The molecule has 0 radical (unpaired) electrons. The number of ether oxygens (including phenoxy) is 1. The maximum Gasteiger partial charge on any atom is 0.123 e. The van der Waals surface area contributed by atoms with Crippen molar-refractivity contribution in [1.82, 2.24) is 0 Å². The lowest BCUT2D eigenvalue weighted by Gasteiger charge is -2.36. The summed E-state index contributed by atoms with van der Waals surface area (Å²) in [6.45, 7) is 2.14. The van der Waals surface area contributed by atoms with Gasteiger partial charge in [0, 0.05) is 10.6 Å². The second-order valence-corrected chi connectivity index (χ2v) is 5.64. The van der Waals surface area contributed by atoms with E-state index in [4.69, 9.17) is 22.1 Å². The summed E-state index contributed by atoms with van der Waals surface area (Å²) in [5.41, 5.74) is 8.82. The third-order valence-corrected chi connectivity index (χ3v) is 4.25. The zero-order valence-corrected chi connectivity index (χ0v) is 12.0. The molecule has 2 N–H and O–H groups in total. The molecule has 0 atom stereocenters. The summed E-state index contributed by atoms with van der Waals surface area (Å²) in [5, 5.41) is 0.717. The van der Waals surface area contributed by atoms with E-state index < -0.39 is 0 Å². The molecule has 0 unspecified atom stereocenters. The highest BCUT2D eigenvalue weighted by Gasteiger charge is 2.32. The van der Waals surface area contributed by atoms with Crippen molar-refractivity contribution in [2.45, 2.75) is 51.0 Å². The number of rotatable bonds is 3. The Morgan fingerprint density at radius 2 is 1.94 bits per heavy atom. The Kier molecular flexibility index (Phi) is 4.18. The standard InChI is InChI=1S/C15H22ClNO/c1-3-12-13(9-11(16)10-14(12)18-2)15(17)7-5-4-6-8-15/h9-10H,3-8,17H2,1-2H3. The van der Waals surface area contributed by atoms with Gasteiger partial charge in [0.25, 0.3) is 0 Å². The van der Waals surface area contributed by atoms with Gasteiger partial charge in [0.2, 0.25) is 0 Å². The van der Waals surface area contributed by atoms with Crippen LogP contribution in [0.25, 0.3) is 0 Å². The molecule has 18 heavy (non-hydrogen) atoms. The quantitative estimate of drug-likeness (QED) is 0.897. The number of hydrogen-bond donors (Lipinski definition) is 1. The zero-order chi connectivity index (χ0) is 13.2. The predicted molar refractivity (Wildman–Crippen MR) is 76.3 cm³/mol. The molecule has 1 saturated carbocycles. The Morgan fingerprint density at radius 1 is 1.28 bits per heavy atom. The van der Waals surface area contributed by atoms with Crippen molar-refractivity contribution in [3.05, 3.63) is 28.3 Å². The summed E-state index contributed by atoms with van der Waals surface area (Å²) in [6.07, 6.45) is 6.71. The highest BCUT2D eigenvalue weighted by Crippen LogP contribution is 2.40. The molecule has 100 valence electrons. The van der Waals surface area contributed by atoms with Crippen LogP contribution in [0.1, 0.15) is 50.2 Å². The summed E-state index contributed by atoms with van der Waals surface area (Å²) < 4.78 is 5.45. The van der Waals surface area contributed by atoms with Gasteiger partial charge in [-0.1, -0.05) is 37.8 Å². The molecule has 0 aromatic heterocycles. The highest BCUT2D eigenvalue weighted by molar-refractivity contribution is 6.30. The van der Waals surface area contributed by atoms with E-state index in [1.807, 2.05) is 12.1 Å². The molecule has 1 aromatic rings. The van der Waals surface area contributed by atoms with E-state index in [-0.39, 0.29) is 5.54 Å². The van der Waals surface area contributed by atoms with E-state index >= 15 is 0 Å². The molecule has 0 amide bonds. The lowest BCUT2D eigenvalue weighted by molar-refractivity contribution is 0.298. The van der Waals surface area contributed by atoms with Crippen LogP contribution in [0.5, 0.6) is 5.75 Å². The van der Waals surface area contributed by atoms with Gasteiger partial charge in [0.05, 0.1) is 7.11 Å². The minimum Gasteiger partial charge on any atom is -0.496 e. The summed E-state index contributed by atoms with van der Waals surface area (Å²) in [7, 11) is 1.69. The van der Waals surface area contributed by atoms with Gasteiger partial charge in [0.15, 0.2) is 0 Å². The van der Waals surface area contributed by atoms with Gasteiger partial charge in [-0.2, -0.15) is 0 Å². The molecule has 0 heterocycles. The van der Waals surface area contributed by atoms with Crippen molar-refractivity contribution in [2.24, 2.45) is 5.73 Å². The van der Waals surface area contributed by atoms with Crippen LogP contribution in [-0.4, -0.2) is 7.11 Å². The van der Waals surface area contributed by atoms with Gasteiger partial charge >= 0.3 is 0 Å². The second-order valence-electron chi connectivity index (χ2n) is 5.20. The molecule has 0 bridgehead atoms. The van der Waals surface area contributed by atoms with Gasteiger partial charge < -0.3 is 10.5 Å². The van der Waals surface area contributed by atoms with Crippen LogP contribution in [-0.2, 0) is 12.0 Å². The molecule has 3 heteroatoms. The molecule has 0 aliphatic heterocycles. The Bertz CT molecular complexity index is 425. The first kappa shape index (κ1) is 13.7. The smallest absolute Gasteiger partial charge is 0.123 e. The van der Waals surface area contributed by atoms with Gasteiger partial charge in [-0.3, -0.25) is 0 Å². The SMILES string of the molecule is CCc1c(OC)cc(Cl)cc1C1(N)CCCCC1. The van der Waals surface area contributed by atoms with Gasteiger partial charge in [0.1, 0.15) is 5.75 Å². The molecule has 1 aliphatic rings.